The Morgan fingerprint density at radius 1 is 1.44 bits per heavy atom. The highest BCUT2D eigenvalue weighted by atomic mass is 16.1. The average molecular weight is 221 g/mol. The summed E-state index contributed by atoms with van der Waals surface area (Å²) in [5, 5.41) is 3.19. The van der Waals surface area contributed by atoms with Crippen molar-refractivity contribution in [3.63, 3.8) is 0 Å². The van der Waals surface area contributed by atoms with E-state index >= 15 is 0 Å². The van der Waals surface area contributed by atoms with Crippen LogP contribution in [0.4, 0.5) is 11.4 Å². The maximum Gasteiger partial charge on any atom is 0.224 e. The van der Waals surface area contributed by atoms with Crippen LogP contribution in [0, 0.1) is 12.3 Å². The van der Waals surface area contributed by atoms with Gasteiger partial charge >= 0.3 is 0 Å². The molecular weight excluding hydrogens is 202 g/mol. The summed E-state index contributed by atoms with van der Waals surface area (Å²) in [6.45, 7) is 6.10. The lowest BCUT2D eigenvalue weighted by atomic mass is 9.92. The smallest absolute Gasteiger partial charge is 0.224 e. The molecule has 4 heteroatoms. The normalized spacial score (nSPS) is 11.2. The fourth-order valence-corrected chi connectivity index (χ4v) is 1.23. The van der Waals surface area contributed by atoms with Crippen molar-refractivity contribution in [3.05, 3.63) is 23.8 Å². The predicted octanol–water partition coefficient (Wildman–Crippen LogP) is 1.50. The second-order valence-corrected chi connectivity index (χ2v) is 4.68. The molecule has 4 nitrogen and oxygen atoms in total. The van der Waals surface area contributed by atoms with Crippen molar-refractivity contribution >= 4 is 17.3 Å². The van der Waals surface area contributed by atoms with E-state index in [0.717, 1.165) is 11.3 Å². The van der Waals surface area contributed by atoms with E-state index in [2.05, 4.69) is 5.32 Å². The molecule has 16 heavy (non-hydrogen) atoms. The second kappa shape index (κ2) is 4.43. The van der Waals surface area contributed by atoms with Gasteiger partial charge in [-0.3, -0.25) is 4.79 Å². The molecule has 0 spiro atoms. The minimum atomic E-state index is -0.572. The zero-order valence-electron chi connectivity index (χ0n) is 10.0. The Hall–Kier alpha value is -1.71. The molecular formula is C12H19N3O. The molecule has 0 bridgehead atoms. The molecule has 0 unspecified atom stereocenters. The van der Waals surface area contributed by atoms with Gasteiger partial charge in [0.1, 0.15) is 0 Å². The van der Waals surface area contributed by atoms with Crippen LogP contribution in [-0.2, 0) is 4.79 Å². The van der Waals surface area contributed by atoms with Crippen molar-refractivity contribution in [3.8, 4) is 0 Å². The molecule has 88 valence electrons. The number of carbonyl (C=O) groups excluding carboxylic acids is 1. The summed E-state index contributed by atoms with van der Waals surface area (Å²) in [6, 6.07) is 5.64. The van der Waals surface area contributed by atoms with Crippen LogP contribution in [0.3, 0.4) is 0 Å². The molecule has 0 atom stereocenters. The third-order valence-corrected chi connectivity index (χ3v) is 2.65. The van der Waals surface area contributed by atoms with Gasteiger partial charge in [-0.2, -0.15) is 0 Å². The van der Waals surface area contributed by atoms with Crippen molar-refractivity contribution < 1.29 is 4.79 Å². The summed E-state index contributed by atoms with van der Waals surface area (Å²) in [6.07, 6.45) is 0. The highest BCUT2D eigenvalue weighted by Gasteiger charge is 2.24. The first kappa shape index (κ1) is 12.4. The van der Waals surface area contributed by atoms with Crippen molar-refractivity contribution in [2.24, 2.45) is 11.1 Å². The monoisotopic (exact) mass is 221 g/mol. The molecule has 1 amide bonds. The minimum Gasteiger partial charge on any atom is -0.399 e. The summed E-state index contributed by atoms with van der Waals surface area (Å²) < 4.78 is 0. The first-order chi connectivity index (χ1) is 7.33. The Kier molecular flexibility index (Phi) is 3.42. The van der Waals surface area contributed by atoms with Gasteiger partial charge in [-0.1, -0.05) is 6.07 Å². The van der Waals surface area contributed by atoms with Crippen LogP contribution in [0.5, 0.6) is 0 Å². The molecule has 1 aromatic rings. The second-order valence-electron chi connectivity index (χ2n) is 4.68. The van der Waals surface area contributed by atoms with Gasteiger partial charge in [-0.25, -0.2) is 0 Å². The number of nitrogens with two attached hydrogens (primary N) is 2. The molecule has 0 aromatic heterocycles. The van der Waals surface area contributed by atoms with E-state index in [1.807, 2.05) is 39.0 Å². The molecule has 0 heterocycles. The number of nitrogen functional groups attached to an aromatic ring is 1. The SMILES string of the molecule is Cc1ccc(N)cc1NCC(C)(C)C(N)=O. The maximum absolute atomic E-state index is 11.2. The van der Waals surface area contributed by atoms with Gasteiger partial charge in [-0.15, -0.1) is 0 Å². The molecule has 0 saturated carbocycles. The fourth-order valence-electron chi connectivity index (χ4n) is 1.23. The van der Waals surface area contributed by atoms with E-state index in [4.69, 9.17) is 11.5 Å². The Bertz CT molecular complexity index is 399. The van der Waals surface area contributed by atoms with Gasteiger partial charge in [0.25, 0.3) is 0 Å². The van der Waals surface area contributed by atoms with Crippen molar-refractivity contribution in [1.82, 2.24) is 0 Å². The third-order valence-electron chi connectivity index (χ3n) is 2.65. The van der Waals surface area contributed by atoms with E-state index in [1.54, 1.807) is 0 Å². The third kappa shape index (κ3) is 2.89. The molecule has 0 saturated heterocycles. The van der Waals surface area contributed by atoms with Crippen molar-refractivity contribution in [2.45, 2.75) is 20.8 Å². The molecule has 0 radical (unpaired) electrons. The maximum atomic E-state index is 11.2. The number of anilines is 2. The van der Waals surface area contributed by atoms with Gasteiger partial charge in [0.2, 0.25) is 5.91 Å². The molecule has 5 N–H and O–H groups in total. The first-order valence-corrected chi connectivity index (χ1v) is 5.23. The van der Waals surface area contributed by atoms with Crippen molar-refractivity contribution in [2.75, 3.05) is 17.6 Å². The van der Waals surface area contributed by atoms with Gasteiger partial charge in [-0.05, 0) is 38.5 Å². The number of aryl methyl sites for hydroxylation is 1. The van der Waals surface area contributed by atoms with E-state index in [0.29, 0.717) is 12.2 Å². The summed E-state index contributed by atoms with van der Waals surface area (Å²) in [5.41, 5.74) is 13.2. The van der Waals surface area contributed by atoms with Gasteiger partial charge in [0, 0.05) is 17.9 Å². The lowest BCUT2D eigenvalue weighted by Crippen LogP contribution is -2.37. The van der Waals surface area contributed by atoms with Gasteiger partial charge in [0.15, 0.2) is 0 Å². The summed E-state index contributed by atoms with van der Waals surface area (Å²) in [4.78, 5) is 11.2. The highest BCUT2D eigenvalue weighted by molar-refractivity contribution is 5.80. The van der Waals surface area contributed by atoms with Crippen LogP contribution in [0.1, 0.15) is 19.4 Å². The Balaban J connectivity index is 2.75. The van der Waals surface area contributed by atoms with Crippen LogP contribution < -0.4 is 16.8 Å². The standard InChI is InChI=1S/C12H19N3O/c1-8-4-5-9(13)6-10(8)15-7-12(2,3)11(14)16/h4-6,15H,7,13H2,1-3H3,(H2,14,16). The quantitative estimate of drug-likeness (QED) is 0.674. The molecule has 1 aromatic carbocycles. The number of amides is 1. The zero-order valence-corrected chi connectivity index (χ0v) is 10.0. The fraction of sp³-hybridized carbons (Fsp3) is 0.417. The summed E-state index contributed by atoms with van der Waals surface area (Å²) in [7, 11) is 0. The van der Waals surface area contributed by atoms with E-state index < -0.39 is 5.41 Å². The van der Waals surface area contributed by atoms with Crippen LogP contribution in [-0.4, -0.2) is 12.5 Å². The van der Waals surface area contributed by atoms with Crippen molar-refractivity contribution in [1.29, 1.82) is 0 Å². The predicted molar refractivity (Wildman–Crippen MR) is 67.1 cm³/mol. The molecule has 0 fully saturated rings. The molecule has 0 aliphatic heterocycles. The minimum absolute atomic E-state index is 0.318. The zero-order chi connectivity index (χ0) is 12.3. The van der Waals surface area contributed by atoms with Crippen LogP contribution in [0.25, 0.3) is 0 Å². The number of hydrogen-bond acceptors (Lipinski definition) is 3. The van der Waals surface area contributed by atoms with Crippen LogP contribution in [0.2, 0.25) is 0 Å². The first-order valence-electron chi connectivity index (χ1n) is 5.23. The Morgan fingerprint density at radius 3 is 2.62 bits per heavy atom. The average Bonchev–Trinajstić information content (AvgIpc) is 2.19. The molecule has 0 aliphatic rings. The van der Waals surface area contributed by atoms with Gasteiger partial charge in [0.05, 0.1) is 5.41 Å². The van der Waals surface area contributed by atoms with E-state index in [9.17, 15) is 4.79 Å². The van der Waals surface area contributed by atoms with E-state index in [1.165, 1.54) is 0 Å². The lowest BCUT2D eigenvalue weighted by molar-refractivity contribution is -0.125. The topological polar surface area (TPSA) is 81.1 Å². The number of primary amides is 1. The van der Waals surface area contributed by atoms with Crippen LogP contribution in [0.15, 0.2) is 18.2 Å². The number of benzene rings is 1. The number of hydrogen-bond donors (Lipinski definition) is 3. The number of carbonyl (C=O) groups is 1. The molecule has 1 rings (SSSR count). The van der Waals surface area contributed by atoms with Crippen LogP contribution >= 0.6 is 0 Å². The Morgan fingerprint density at radius 2 is 2.06 bits per heavy atom. The number of rotatable bonds is 4. The summed E-state index contributed by atoms with van der Waals surface area (Å²) in [5.74, 6) is -0.318. The Labute approximate surface area is 96.0 Å². The number of nitrogens with one attached hydrogen (secondary N) is 1. The largest absolute Gasteiger partial charge is 0.399 e. The van der Waals surface area contributed by atoms with Gasteiger partial charge < -0.3 is 16.8 Å². The van der Waals surface area contributed by atoms with E-state index in [-0.39, 0.29) is 5.91 Å². The lowest BCUT2D eigenvalue weighted by Gasteiger charge is -2.22. The summed E-state index contributed by atoms with van der Waals surface area (Å²) >= 11 is 0. The molecule has 0 aliphatic carbocycles. The highest BCUT2D eigenvalue weighted by Crippen LogP contribution is 2.21.